The molecule has 118 valence electrons. The van der Waals surface area contributed by atoms with Crippen LogP contribution < -0.4 is 0 Å². The van der Waals surface area contributed by atoms with Gasteiger partial charge in [-0.05, 0) is 37.2 Å². The van der Waals surface area contributed by atoms with Gasteiger partial charge in [0.2, 0.25) is 0 Å². The summed E-state index contributed by atoms with van der Waals surface area (Å²) in [4.78, 5) is 0. The SMILES string of the molecule is OC1CCC(c2ccccc2)CC1OCCCC(F)(F)F. The van der Waals surface area contributed by atoms with Gasteiger partial charge in [-0.3, -0.25) is 0 Å². The van der Waals surface area contributed by atoms with E-state index >= 15 is 0 Å². The molecule has 1 aliphatic rings. The van der Waals surface area contributed by atoms with Gasteiger partial charge in [-0.15, -0.1) is 0 Å². The largest absolute Gasteiger partial charge is 0.390 e. The molecule has 0 aliphatic heterocycles. The highest BCUT2D eigenvalue weighted by atomic mass is 19.4. The Morgan fingerprint density at radius 3 is 2.52 bits per heavy atom. The third-order valence-electron chi connectivity index (χ3n) is 3.96. The molecule has 0 aromatic heterocycles. The smallest absolute Gasteiger partial charge is 0.389 e. The molecule has 21 heavy (non-hydrogen) atoms. The number of hydrogen-bond acceptors (Lipinski definition) is 2. The Hall–Kier alpha value is -1.07. The molecule has 3 atom stereocenters. The molecule has 2 nitrogen and oxygen atoms in total. The van der Waals surface area contributed by atoms with Gasteiger partial charge in [0.1, 0.15) is 0 Å². The fourth-order valence-corrected chi connectivity index (χ4v) is 2.83. The van der Waals surface area contributed by atoms with Crippen LogP contribution in [-0.2, 0) is 4.74 Å². The van der Waals surface area contributed by atoms with Gasteiger partial charge in [0.05, 0.1) is 12.2 Å². The summed E-state index contributed by atoms with van der Waals surface area (Å²) in [7, 11) is 0. The van der Waals surface area contributed by atoms with Crippen LogP contribution in [0.2, 0.25) is 0 Å². The summed E-state index contributed by atoms with van der Waals surface area (Å²) in [6.45, 7) is 0.0444. The summed E-state index contributed by atoms with van der Waals surface area (Å²) in [5, 5.41) is 9.95. The van der Waals surface area contributed by atoms with Gasteiger partial charge >= 0.3 is 6.18 Å². The first-order chi connectivity index (χ1) is 9.96. The molecule has 0 saturated heterocycles. The standard InChI is InChI=1S/C16H21F3O2/c17-16(18,19)9-4-10-21-15-11-13(7-8-14(15)20)12-5-2-1-3-6-12/h1-3,5-6,13-15,20H,4,7-11H2. The van der Waals surface area contributed by atoms with E-state index in [2.05, 4.69) is 0 Å². The number of aliphatic hydroxyl groups excluding tert-OH is 1. The second-order valence-corrected chi connectivity index (χ2v) is 5.62. The molecule has 1 aromatic carbocycles. The zero-order valence-electron chi connectivity index (χ0n) is 11.9. The number of ether oxygens (including phenoxy) is 1. The van der Waals surface area contributed by atoms with E-state index in [1.165, 1.54) is 5.56 Å². The van der Waals surface area contributed by atoms with Crippen LogP contribution in [0.4, 0.5) is 13.2 Å². The Bertz CT molecular complexity index is 419. The lowest BCUT2D eigenvalue weighted by molar-refractivity contribution is -0.141. The maximum atomic E-state index is 12.1. The van der Waals surface area contributed by atoms with Crippen LogP contribution in [0.25, 0.3) is 0 Å². The number of halogens is 3. The van der Waals surface area contributed by atoms with Crippen LogP contribution in [-0.4, -0.2) is 30.1 Å². The summed E-state index contributed by atoms with van der Waals surface area (Å²) in [6, 6.07) is 9.98. The predicted molar refractivity (Wildman–Crippen MR) is 74.1 cm³/mol. The lowest BCUT2D eigenvalue weighted by Gasteiger charge is -2.33. The van der Waals surface area contributed by atoms with Crippen LogP contribution in [0.1, 0.15) is 43.6 Å². The lowest BCUT2D eigenvalue weighted by Crippen LogP contribution is -2.35. The van der Waals surface area contributed by atoms with Crippen LogP contribution in [0.15, 0.2) is 30.3 Å². The molecule has 1 aromatic rings. The van der Waals surface area contributed by atoms with E-state index in [9.17, 15) is 18.3 Å². The van der Waals surface area contributed by atoms with Crippen LogP contribution in [0, 0.1) is 0 Å². The summed E-state index contributed by atoms with van der Waals surface area (Å²) in [5.41, 5.74) is 1.20. The third-order valence-corrected chi connectivity index (χ3v) is 3.96. The van der Waals surface area contributed by atoms with Gasteiger partial charge in [-0.2, -0.15) is 13.2 Å². The van der Waals surface area contributed by atoms with E-state index in [1.54, 1.807) is 0 Å². The fraction of sp³-hybridized carbons (Fsp3) is 0.625. The molecule has 0 amide bonds. The van der Waals surface area contributed by atoms with Gasteiger partial charge in [0.25, 0.3) is 0 Å². The molecular weight excluding hydrogens is 281 g/mol. The number of rotatable bonds is 5. The summed E-state index contributed by atoms with van der Waals surface area (Å²) < 4.78 is 41.7. The molecule has 0 spiro atoms. The first-order valence-electron chi connectivity index (χ1n) is 7.37. The van der Waals surface area contributed by atoms with Crippen molar-refractivity contribution in [2.75, 3.05) is 6.61 Å². The molecule has 0 heterocycles. The topological polar surface area (TPSA) is 29.5 Å². The van der Waals surface area contributed by atoms with Crippen LogP contribution in [0.5, 0.6) is 0 Å². The Balaban J connectivity index is 1.81. The molecule has 0 bridgehead atoms. The Labute approximate surface area is 122 Å². The minimum Gasteiger partial charge on any atom is -0.390 e. The van der Waals surface area contributed by atoms with Crippen LogP contribution >= 0.6 is 0 Å². The van der Waals surface area contributed by atoms with E-state index in [0.717, 1.165) is 6.42 Å². The molecule has 1 fully saturated rings. The maximum absolute atomic E-state index is 12.1. The Morgan fingerprint density at radius 1 is 1.14 bits per heavy atom. The number of alkyl halides is 3. The van der Waals surface area contributed by atoms with Gasteiger partial charge < -0.3 is 9.84 Å². The molecule has 3 unspecified atom stereocenters. The van der Waals surface area contributed by atoms with Crippen molar-refractivity contribution in [1.29, 1.82) is 0 Å². The average molecular weight is 302 g/mol. The molecule has 2 rings (SSSR count). The summed E-state index contributed by atoms with van der Waals surface area (Å²) in [5.74, 6) is 0.308. The highest BCUT2D eigenvalue weighted by Crippen LogP contribution is 2.34. The van der Waals surface area contributed by atoms with Crippen molar-refractivity contribution in [1.82, 2.24) is 0 Å². The van der Waals surface area contributed by atoms with E-state index in [4.69, 9.17) is 4.74 Å². The summed E-state index contributed by atoms with van der Waals surface area (Å²) in [6.07, 6.45) is -3.79. The van der Waals surface area contributed by atoms with Gasteiger partial charge in [-0.25, -0.2) is 0 Å². The number of aliphatic hydroxyl groups is 1. The Kier molecular flexibility index (Phi) is 5.65. The molecular formula is C16H21F3O2. The van der Waals surface area contributed by atoms with Crippen molar-refractivity contribution < 1.29 is 23.0 Å². The molecule has 1 aliphatic carbocycles. The number of hydrogen-bond donors (Lipinski definition) is 1. The second kappa shape index (κ2) is 7.27. The van der Waals surface area contributed by atoms with Crippen molar-refractivity contribution in [3.8, 4) is 0 Å². The quantitative estimate of drug-likeness (QED) is 0.832. The zero-order valence-corrected chi connectivity index (χ0v) is 11.9. The van der Waals surface area contributed by atoms with E-state index in [-0.39, 0.29) is 19.1 Å². The average Bonchev–Trinajstić information content (AvgIpc) is 2.45. The fourth-order valence-electron chi connectivity index (χ4n) is 2.83. The van der Waals surface area contributed by atoms with E-state index in [0.29, 0.717) is 18.8 Å². The first kappa shape index (κ1) is 16.3. The molecule has 1 saturated carbocycles. The van der Waals surface area contributed by atoms with Gasteiger partial charge in [0, 0.05) is 13.0 Å². The minimum atomic E-state index is -4.14. The van der Waals surface area contributed by atoms with Crippen molar-refractivity contribution in [3.63, 3.8) is 0 Å². The van der Waals surface area contributed by atoms with E-state index in [1.807, 2.05) is 30.3 Å². The third kappa shape index (κ3) is 5.32. The van der Waals surface area contributed by atoms with Crippen molar-refractivity contribution in [3.05, 3.63) is 35.9 Å². The normalized spacial score (nSPS) is 26.8. The van der Waals surface area contributed by atoms with Crippen LogP contribution in [0.3, 0.4) is 0 Å². The molecule has 1 N–H and O–H groups in total. The highest BCUT2D eigenvalue weighted by molar-refractivity contribution is 5.20. The predicted octanol–water partition coefficient (Wildman–Crippen LogP) is 4.04. The number of benzene rings is 1. The van der Waals surface area contributed by atoms with Crippen molar-refractivity contribution >= 4 is 0 Å². The maximum Gasteiger partial charge on any atom is 0.389 e. The summed E-state index contributed by atoms with van der Waals surface area (Å²) >= 11 is 0. The van der Waals surface area contributed by atoms with Crippen molar-refractivity contribution in [2.45, 2.75) is 56.4 Å². The second-order valence-electron chi connectivity index (χ2n) is 5.62. The van der Waals surface area contributed by atoms with E-state index < -0.39 is 18.7 Å². The van der Waals surface area contributed by atoms with Gasteiger partial charge in [0.15, 0.2) is 0 Å². The van der Waals surface area contributed by atoms with Gasteiger partial charge in [-0.1, -0.05) is 30.3 Å². The minimum absolute atomic E-state index is 0.0444. The Morgan fingerprint density at radius 2 is 1.86 bits per heavy atom. The highest BCUT2D eigenvalue weighted by Gasteiger charge is 2.31. The monoisotopic (exact) mass is 302 g/mol. The lowest BCUT2D eigenvalue weighted by atomic mass is 9.81. The first-order valence-corrected chi connectivity index (χ1v) is 7.37. The molecule has 5 heteroatoms. The molecule has 0 radical (unpaired) electrons. The van der Waals surface area contributed by atoms with Crippen molar-refractivity contribution in [2.24, 2.45) is 0 Å². The zero-order chi connectivity index (χ0) is 15.3.